The van der Waals surface area contributed by atoms with Gasteiger partial charge in [-0.3, -0.25) is 0 Å². The molecule has 0 atom stereocenters. The van der Waals surface area contributed by atoms with E-state index in [0.717, 1.165) is 5.69 Å². The summed E-state index contributed by atoms with van der Waals surface area (Å²) in [5.74, 6) is -0.0808. The highest BCUT2D eigenvalue weighted by molar-refractivity contribution is 7.90. The summed E-state index contributed by atoms with van der Waals surface area (Å²) in [5.41, 5.74) is 2.63. The molecule has 0 bridgehead atoms. The molecule has 0 fully saturated rings. The van der Waals surface area contributed by atoms with Crippen LogP contribution in [-0.4, -0.2) is 18.2 Å². The molecule has 0 aliphatic rings. The fourth-order valence-electron chi connectivity index (χ4n) is 1.99. The van der Waals surface area contributed by atoms with Gasteiger partial charge in [-0.05, 0) is 36.6 Å². The van der Waals surface area contributed by atoms with Crippen molar-refractivity contribution in [2.45, 2.75) is 17.6 Å². The number of nitrogens with zero attached hydrogens (tertiary/aromatic N) is 2. The molecule has 0 saturated carbocycles. The summed E-state index contributed by atoms with van der Waals surface area (Å²) in [6, 6.07) is 11.3. The summed E-state index contributed by atoms with van der Waals surface area (Å²) in [6.07, 6.45) is 1.78. The highest BCUT2D eigenvalue weighted by Gasteiger charge is 2.17. The van der Waals surface area contributed by atoms with Crippen molar-refractivity contribution in [3.63, 3.8) is 0 Å². The molecule has 6 heteroatoms. The number of hydrogen-bond donors (Lipinski definition) is 0. The third kappa shape index (κ3) is 3.06. The van der Waals surface area contributed by atoms with E-state index in [4.69, 9.17) is 0 Å². The average Bonchev–Trinajstić information content (AvgIpc) is 3.10. The third-order valence-electron chi connectivity index (χ3n) is 3.13. The zero-order valence-corrected chi connectivity index (χ0v) is 13.1. The molecule has 0 aliphatic heterocycles. The molecule has 2 aromatic heterocycles. The monoisotopic (exact) mass is 318 g/mol. The zero-order valence-electron chi connectivity index (χ0n) is 11.4. The molecule has 108 valence electrons. The Morgan fingerprint density at radius 3 is 2.57 bits per heavy atom. The minimum atomic E-state index is -3.31. The number of benzene rings is 1. The van der Waals surface area contributed by atoms with E-state index in [0.29, 0.717) is 10.6 Å². The highest BCUT2D eigenvalue weighted by Crippen LogP contribution is 2.19. The molecule has 0 N–H and O–H groups in total. The molecule has 0 radical (unpaired) electrons. The lowest BCUT2D eigenvalue weighted by molar-refractivity contribution is 0.594. The second-order valence-electron chi connectivity index (χ2n) is 4.81. The first-order valence-electron chi connectivity index (χ1n) is 6.41. The molecule has 1 aromatic carbocycles. The van der Waals surface area contributed by atoms with E-state index in [1.807, 2.05) is 31.2 Å². The van der Waals surface area contributed by atoms with Gasteiger partial charge < -0.3 is 0 Å². The maximum Gasteiger partial charge on any atom is 0.184 e. The lowest BCUT2D eigenvalue weighted by atomic mass is 10.2. The van der Waals surface area contributed by atoms with Crippen LogP contribution in [-0.2, 0) is 15.6 Å². The van der Waals surface area contributed by atoms with E-state index >= 15 is 0 Å². The average molecular weight is 318 g/mol. The Hall–Kier alpha value is -1.92. The van der Waals surface area contributed by atoms with Crippen molar-refractivity contribution in [3.8, 4) is 5.69 Å². The minimum absolute atomic E-state index is 0.0808. The normalized spacial score (nSPS) is 11.7. The Kier molecular flexibility index (Phi) is 3.65. The van der Waals surface area contributed by atoms with E-state index in [1.165, 1.54) is 16.9 Å². The molecule has 0 aliphatic carbocycles. The first-order valence-corrected chi connectivity index (χ1v) is 9.01. The molecule has 3 aromatic rings. The van der Waals surface area contributed by atoms with Gasteiger partial charge in [0.05, 0.1) is 22.0 Å². The number of sulfone groups is 1. The number of hydrogen-bond acceptors (Lipinski definition) is 4. The molecule has 0 spiro atoms. The van der Waals surface area contributed by atoms with Crippen molar-refractivity contribution >= 4 is 21.2 Å². The summed E-state index contributed by atoms with van der Waals surface area (Å²) in [7, 11) is -3.31. The van der Waals surface area contributed by atoms with Crippen molar-refractivity contribution in [1.29, 1.82) is 0 Å². The second kappa shape index (κ2) is 5.46. The predicted molar refractivity (Wildman–Crippen MR) is 83.5 cm³/mol. The Balaban J connectivity index is 1.84. The van der Waals surface area contributed by atoms with E-state index in [-0.39, 0.29) is 5.75 Å². The van der Waals surface area contributed by atoms with Crippen LogP contribution < -0.4 is 0 Å². The van der Waals surface area contributed by atoms with Crippen LogP contribution in [0.25, 0.3) is 5.69 Å². The van der Waals surface area contributed by atoms with E-state index < -0.39 is 9.84 Å². The molecule has 0 saturated heterocycles. The van der Waals surface area contributed by atoms with Crippen LogP contribution >= 0.6 is 11.3 Å². The first kappa shape index (κ1) is 14.0. The van der Waals surface area contributed by atoms with Gasteiger partial charge in [-0.25, -0.2) is 13.1 Å². The standard InChI is InChI=1S/C15H14N2O2S2/c1-12-2-4-14(5-3-12)17-8-6-13(16-17)11-21(18,19)15-7-9-20-10-15/h2-10H,11H2,1H3. The summed E-state index contributed by atoms with van der Waals surface area (Å²) < 4.78 is 26.1. The lowest BCUT2D eigenvalue weighted by Crippen LogP contribution is -2.05. The van der Waals surface area contributed by atoms with Crippen LogP contribution in [0.1, 0.15) is 11.3 Å². The number of aromatic nitrogens is 2. The largest absolute Gasteiger partial charge is 0.241 e. The van der Waals surface area contributed by atoms with Gasteiger partial charge in [0.2, 0.25) is 0 Å². The molecular weight excluding hydrogens is 304 g/mol. The van der Waals surface area contributed by atoms with E-state index in [2.05, 4.69) is 5.10 Å². The van der Waals surface area contributed by atoms with E-state index in [9.17, 15) is 8.42 Å². The molecular formula is C15H14N2O2S2. The van der Waals surface area contributed by atoms with Gasteiger partial charge in [-0.15, -0.1) is 0 Å². The Labute approximate surface area is 127 Å². The fraction of sp³-hybridized carbons (Fsp3) is 0.133. The topological polar surface area (TPSA) is 52.0 Å². The van der Waals surface area contributed by atoms with Crippen LogP contribution in [0.15, 0.2) is 58.3 Å². The SMILES string of the molecule is Cc1ccc(-n2ccc(CS(=O)(=O)c3ccsc3)n2)cc1. The van der Waals surface area contributed by atoms with Crippen molar-refractivity contribution in [3.05, 3.63) is 64.6 Å². The van der Waals surface area contributed by atoms with Crippen LogP contribution in [0.4, 0.5) is 0 Å². The van der Waals surface area contributed by atoms with Gasteiger partial charge in [0.25, 0.3) is 0 Å². The summed E-state index contributed by atoms with van der Waals surface area (Å²) in [5, 5.41) is 7.75. The van der Waals surface area contributed by atoms with Crippen LogP contribution in [0.5, 0.6) is 0 Å². The van der Waals surface area contributed by atoms with E-state index in [1.54, 1.807) is 33.8 Å². The number of thiophene rings is 1. The van der Waals surface area contributed by atoms with Crippen LogP contribution in [0.3, 0.4) is 0 Å². The summed E-state index contributed by atoms with van der Waals surface area (Å²) >= 11 is 1.38. The third-order valence-corrected chi connectivity index (χ3v) is 5.62. The Bertz CT molecular complexity index is 832. The van der Waals surface area contributed by atoms with Gasteiger partial charge in [0.15, 0.2) is 9.84 Å². The van der Waals surface area contributed by atoms with Crippen molar-refractivity contribution < 1.29 is 8.42 Å². The van der Waals surface area contributed by atoms with Crippen LogP contribution in [0.2, 0.25) is 0 Å². The molecule has 21 heavy (non-hydrogen) atoms. The minimum Gasteiger partial charge on any atom is -0.241 e. The maximum atomic E-state index is 12.2. The van der Waals surface area contributed by atoms with Gasteiger partial charge in [0, 0.05) is 11.6 Å². The molecule has 0 amide bonds. The van der Waals surface area contributed by atoms with Gasteiger partial charge in [-0.2, -0.15) is 16.4 Å². The van der Waals surface area contributed by atoms with Crippen molar-refractivity contribution in [2.75, 3.05) is 0 Å². The molecule has 0 unspecified atom stereocenters. The highest BCUT2D eigenvalue weighted by atomic mass is 32.2. The molecule has 2 heterocycles. The fourth-order valence-corrected chi connectivity index (χ4v) is 4.33. The maximum absolute atomic E-state index is 12.2. The summed E-state index contributed by atoms with van der Waals surface area (Å²) in [6.45, 7) is 2.02. The van der Waals surface area contributed by atoms with Crippen LogP contribution in [0, 0.1) is 6.92 Å². The van der Waals surface area contributed by atoms with Gasteiger partial charge >= 0.3 is 0 Å². The molecule has 3 rings (SSSR count). The number of rotatable bonds is 4. The van der Waals surface area contributed by atoms with Gasteiger partial charge in [0.1, 0.15) is 0 Å². The Morgan fingerprint density at radius 2 is 1.90 bits per heavy atom. The lowest BCUT2D eigenvalue weighted by Gasteiger charge is -2.02. The predicted octanol–water partition coefficient (Wildman–Crippen LogP) is 3.22. The Morgan fingerprint density at radius 1 is 1.14 bits per heavy atom. The smallest absolute Gasteiger partial charge is 0.184 e. The summed E-state index contributed by atoms with van der Waals surface area (Å²) in [4.78, 5) is 0.359. The molecule has 4 nitrogen and oxygen atoms in total. The van der Waals surface area contributed by atoms with Crippen molar-refractivity contribution in [1.82, 2.24) is 9.78 Å². The number of aryl methyl sites for hydroxylation is 1. The first-order chi connectivity index (χ1) is 10.0. The zero-order chi connectivity index (χ0) is 14.9. The van der Waals surface area contributed by atoms with Crippen molar-refractivity contribution in [2.24, 2.45) is 0 Å². The van der Waals surface area contributed by atoms with Gasteiger partial charge in [-0.1, -0.05) is 17.7 Å². The second-order valence-corrected chi connectivity index (χ2v) is 7.57. The quantitative estimate of drug-likeness (QED) is 0.742.